The molecule has 0 radical (unpaired) electrons. The molecule has 3 heterocycles. The number of hydrogen-bond donors (Lipinski definition) is 2. The predicted molar refractivity (Wildman–Crippen MR) is 85.7 cm³/mol. The zero-order valence-electron chi connectivity index (χ0n) is 11.7. The largest absolute Gasteiger partial charge is 0.397 e. The van der Waals surface area contributed by atoms with Crippen LogP contribution in [-0.2, 0) is 0 Å². The van der Waals surface area contributed by atoms with Gasteiger partial charge in [-0.15, -0.1) is 11.3 Å². The summed E-state index contributed by atoms with van der Waals surface area (Å²) >= 11 is 1.30. The summed E-state index contributed by atoms with van der Waals surface area (Å²) in [4.78, 5) is 22.1. The van der Waals surface area contributed by atoms with E-state index in [1.807, 2.05) is 32.0 Å². The molecule has 5 nitrogen and oxygen atoms in total. The SMILES string of the molecule is Cc1cncc(NC(=O)c2sc3nc(C)ccc3c2N)c1. The number of amides is 1. The molecule has 0 bridgehead atoms. The normalized spacial score (nSPS) is 10.8. The average molecular weight is 298 g/mol. The number of nitrogens with one attached hydrogen (secondary N) is 1. The van der Waals surface area contributed by atoms with Gasteiger partial charge in [0.25, 0.3) is 5.91 Å². The van der Waals surface area contributed by atoms with Gasteiger partial charge in [-0.25, -0.2) is 4.98 Å². The van der Waals surface area contributed by atoms with Crippen molar-refractivity contribution in [2.75, 3.05) is 11.1 Å². The number of carbonyl (C=O) groups is 1. The molecule has 3 N–H and O–H groups in total. The Morgan fingerprint density at radius 3 is 2.86 bits per heavy atom. The molecule has 6 heteroatoms. The van der Waals surface area contributed by atoms with Gasteiger partial charge >= 0.3 is 0 Å². The summed E-state index contributed by atoms with van der Waals surface area (Å²) < 4.78 is 0. The van der Waals surface area contributed by atoms with Crippen LogP contribution in [0.4, 0.5) is 11.4 Å². The molecule has 0 aliphatic rings. The van der Waals surface area contributed by atoms with E-state index >= 15 is 0 Å². The van der Waals surface area contributed by atoms with E-state index in [4.69, 9.17) is 5.73 Å². The Kier molecular flexibility index (Phi) is 3.31. The fourth-order valence-corrected chi connectivity index (χ4v) is 3.10. The molecular weight excluding hydrogens is 284 g/mol. The number of rotatable bonds is 2. The van der Waals surface area contributed by atoms with Gasteiger partial charge < -0.3 is 11.1 Å². The molecule has 3 aromatic rings. The molecule has 0 saturated carbocycles. The third-order valence-corrected chi connectivity index (χ3v) is 4.19. The van der Waals surface area contributed by atoms with Crippen LogP contribution in [0, 0.1) is 13.8 Å². The summed E-state index contributed by atoms with van der Waals surface area (Å²) in [6, 6.07) is 5.64. The van der Waals surface area contributed by atoms with Crippen molar-refractivity contribution in [3.8, 4) is 0 Å². The van der Waals surface area contributed by atoms with Crippen molar-refractivity contribution >= 4 is 38.8 Å². The molecule has 21 heavy (non-hydrogen) atoms. The maximum absolute atomic E-state index is 12.4. The molecule has 0 saturated heterocycles. The van der Waals surface area contributed by atoms with Crippen LogP contribution in [0.5, 0.6) is 0 Å². The monoisotopic (exact) mass is 298 g/mol. The number of anilines is 2. The molecule has 0 fully saturated rings. The summed E-state index contributed by atoms with van der Waals surface area (Å²) in [7, 11) is 0. The molecule has 0 aliphatic heterocycles. The number of fused-ring (bicyclic) bond motifs is 1. The second-order valence-electron chi connectivity index (χ2n) is 4.86. The number of aryl methyl sites for hydroxylation is 2. The van der Waals surface area contributed by atoms with Crippen LogP contribution in [0.1, 0.15) is 20.9 Å². The van der Waals surface area contributed by atoms with Crippen molar-refractivity contribution in [2.24, 2.45) is 0 Å². The maximum Gasteiger partial charge on any atom is 0.267 e. The van der Waals surface area contributed by atoms with Crippen LogP contribution >= 0.6 is 11.3 Å². The summed E-state index contributed by atoms with van der Waals surface area (Å²) in [5.41, 5.74) is 9.08. The maximum atomic E-state index is 12.4. The summed E-state index contributed by atoms with van der Waals surface area (Å²) in [6.07, 6.45) is 3.34. The minimum absolute atomic E-state index is 0.236. The van der Waals surface area contributed by atoms with Crippen molar-refractivity contribution in [2.45, 2.75) is 13.8 Å². The Balaban J connectivity index is 1.96. The van der Waals surface area contributed by atoms with E-state index in [0.717, 1.165) is 21.5 Å². The zero-order chi connectivity index (χ0) is 15.0. The van der Waals surface area contributed by atoms with Crippen LogP contribution < -0.4 is 11.1 Å². The fourth-order valence-electron chi connectivity index (χ4n) is 2.07. The lowest BCUT2D eigenvalue weighted by Crippen LogP contribution is -2.12. The fraction of sp³-hybridized carbons (Fsp3) is 0.133. The predicted octanol–water partition coefficient (Wildman–Crippen LogP) is 3.14. The number of aromatic nitrogens is 2. The summed E-state index contributed by atoms with van der Waals surface area (Å²) in [5, 5.41) is 3.63. The molecular formula is C15H14N4OS. The quantitative estimate of drug-likeness (QED) is 0.761. The Morgan fingerprint density at radius 2 is 2.10 bits per heavy atom. The van der Waals surface area contributed by atoms with Gasteiger partial charge in [-0.05, 0) is 37.6 Å². The van der Waals surface area contributed by atoms with Gasteiger partial charge in [-0.1, -0.05) is 0 Å². The second-order valence-corrected chi connectivity index (χ2v) is 5.85. The minimum Gasteiger partial charge on any atom is -0.397 e. The van der Waals surface area contributed by atoms with Gasteiger partial charge in [-0.2, -0.15) is 0 Å². The van der Waals surface area contributed by atoms with Crippen molar-refractivity contribution in [3.05, 3.63) is 46.7 Å². The molecule has 3 rings (SSSR count). The van der Waals surface area contributed by atoms with Crippen LogP contribution in [-0.4, -0.2) is 15.9 Å². The molecule has 106 valence electrons. The lowest BCUT2D eigenvalue weighted by molar-refractivity contribution is 0.103. The summed E-state index contributed by atoms with van der Waals surface area (Å²) in [6.45, 7) is 3.83. The van der Waals surface area contributed by atoms with Crippen molar-refractivity contribution in [3.63, 3.8) is 0 Å². The van der Waals surface area contributed by atoms with E-state index in [2.05, 4.69) is 15.3 Å². The van der Waals surface area contributed by atoms with E-state index in [9.17, 15) is 4.79 Å². The van der Waals surface area contributed by atoms with E-state index in [1.54, 1.807) is 12.4 Å². The number of carbonyl (C=O) groups excluding carboxylic acids is 1. The molecule has 0 unspecified atom stereocenters. The standard InChI is InChI=1S/C15H14N4OS/c1-8-5-10(7-17-6-8)19-14(20)13-12(16)11-4-3-9(2)18-15(11)21-13/h3-7H,16H2,1-2H3,(H,19,20). The Labute approximate surface area is 125 Å². The molecule has 3 aromatic heterocycles. The number of nitrogens with zero attached hydrogens (tertiary/aromatic N) is 2. The minimum atomic E-state index is -0.236. The first-order valence-corrected chi connectivity index (χ1v) is 7.25. The Morgan fingerprint density at radius 1 is 1.29 bits per heavy atom. The third-order valence-electron chi connectivity index (χ3n) is 3.07. The van der Waals surface area contributed by atoms with Crippen molar-refractivity contribution < 1.29 is 4.79 Å². The van der Waals surface area contributed by atoms with Gasteiger partial charge in [-0.3, -0.25) is 9.78 Å². The Hall–Kier alpha value is -2.47. The van der Waals surface area contributed by atoms with Crippen LogP contribution in [0.2, 0.25) is 0 Å². The lowest BCUT2D eigenvalue weighted by Gasteiger charge is -2.04. The van der Waals surface area contributed by atoms with Crippen molar-refractivity contribution in [1.29, 1.82) is 0 Å². The highest BCUT2D eigenvalue weighted by Gasteiger charge is 2.17. The van der Waals surface area contributed by atoms with Gasteiger partial charge in [0, 0.05) is 17.3 Å². The van der Waals surface area contributed by atoms with Gasteiger partial charge in [0.1, 0.15) is 9.71 Å². The second kappa shape index (κ2) is 5.14. The third kappa shape index (κ3) is 2.57. The van der Waals surface area contributed by atoms with Crippen molar-refractivity contribution in [1.82, 2.24) is 9.97 Å². The van der Waals surface area contributed by atoms with E-state index in [0.29, 0.717) is 16.3 Å². The first-order chi connectivity index (χ1) is 10.0. The number of thiophene rings is 1. The number of pyridine rings is 2. The summed E-state index contributed by atoms with van der Waals surface area (Å²) in [5.74, 6) is -0.236. The average Bonchev–Trinajstić information content (AvgIpc) is 2.75. The van der Waals surface area contributed by atoms with Crippen LogP contribution in [0.3, 0.4) is 0 Å². The first-order valence-electron chi connectivity index (χ1n) is 6.43. The molecule has 1 amide bonds. The number of nitrogens with two attached hydrogens (primary N) is 1. The highest BCUT2D eigenvalue weighted by atomic mass is 32.1. The smallest absolute Gasteiger partial charge is 0.267 e. The van der Waals surface area contributed by atoms with Gasteiger partial charge in [0.15, 0.2) is 0 Å². The topological polar surface area (TPSA) is 80.9 Å². The highest BCUT2D eigenvalue weighted by molar-refractivity contribution is 7.21. The molecule has 0 aromatic carbocycles. The van der Waals surface area contributed by atoms with E-state index < -0.39 is 0 Å². The Bertz CT molecular complexity index is 841. The number of nitrogen functional groups attached to an aromatic ring is 1. The molecule has 0 spiro atoms. The zero-order valence-corrected chi connectivity index (χ0v) is 12.5. The van der Waals surface area contributed by atoms with Gasteiger partial charge in [0.2, 0.25) is 0 Å². The molecule has 0 aliphatic carbocycles. The number of hydrogen-bond acceptors (Lipinski definition) is 5. The van der Waals surface area contributed by atoms with Gasteiger partial charge in [0.05, 0.1) is 17.6 Å². The van der Waals surface area contributed by atoms with E-state index in [1.165, 1.54) is 11.3 Å². The van der Waals surface area contributed by atoms with E-state index in [-0.39, 0.29) is 5.91 Å². The van der Waals surface area contributed by atoms with Crippen LogP contribution in [0.25, 0.3) is 10.2 Å². The highest BCUT2D eigenvalue weighted by Crippen LogP contribution is 2.32. The lowest BCUT2D eigenvalue weighted by atomic mass is 10.2. The molecule has 0 atom stereocenters. The first kappa shape index (κ1) is 13.5. The van der Waals surface area contributed by atoms with Crippen LogP contribution in [0.15, 0.2) is 30.6 Å².